The zero-order chi connectivity index (χ0) is 58.9. The van der Waals surface area contributed by atoms with Crippen LogP contribution in [0.4, 0.5) is 68.2 Å². The molecule has 14 aromatic rings. The average Bonchev–Trinajstić information content (AvgIpc) is 1.01. The maximum absolute atomic E-state index is 2.41. The van der Waals surface area contributed by atoms with Gasteiger partial charge in [0, 0.05) is 68.0 Å². The van der Waals surface area contributed by atoms with Gasteiger partial charge >= 0.3 is 0 Å². The third-order valence-corrected chi connectivity index (χ3v) is 16.2. The molecule has 0 aliphatic carbocycles. The summed E-state index contributed by atoms with van der Waals surface area (Å²) in [5, 5.41) is 0. The van der Waals surface area contributed by atoms with Crippen LogP contribution in [0.3, 0.4) is 0 Å². The van der Waals surface area contributed by atoms with Crippen molar-refractivity contribution in [2.24, 2.45) is 0 Å². The van der Waals surface area contributed by atoms with Crippen LogP contribution in [-0.2, 0) is 0 Å². The molecule has 0 saturated heterocycles. The van der Waals surface area contributed by atoms with E-state index >= 15 is 0 Å². The molecule has 4 nitrogen and oxygen atoms in total. The van der Waals surface area contributed by atoms with Gasteiger partial charge in [-0.25, -0.2) is 0 Å². The highest BCUT2D eigenvalue weighted by atomic mass is 15.2. The fourth-order valence-corrected chi connectivity index (χ4v) is 11.9. The SMILES string of the molecule is c1ccc(-c2ccc(N(c3ccc(-c4ccccc4)cc3)c3ccc(-c4ccc(N(c5ccc(-c6ccccc6)cc5)c5ccc(-c6ccccc6)cc5)cc4N(c4ccccc4)c4ccccc4)c(N(c4ccccc4)c4ccccc4)c3)cc2)cc1. The molecule has 14 rings (SSSR count). The first-order chi connectivity index (χ1) is 43.7. The average molecular weight is 1130 g/mol. The quantitative estimate of drug-likeness (QED) is 0.0901. The molecule has 0 N–H and O–H groups in total. The number of benzene rings is 14. The fourth-order valence-electron chi connectivity index (χ4n) is 11.9. The zero-order valence-corrected chi connectivity index (χ0v) is 48.6. The van der Waals surface area contributed by atoms with Crippen molar-refractivity contribution >= 4 is 68.2 Å². The summed E-state index contributed by atoms with van der Waals surface area (Å²) in [6.07, 6.45) is 0. The van der Waals surface area contributed by atoms with Crippen molar-refractivity contribution in [3.8, 4) is 55.6 Å². The molecule has 88 heavy (non-hydrogen) atoms. The van der Waals surface area contributed by atoms with Gasteiger partial charge < -0.3 is 19.6 Å². The number of hydrogen-bond acceptors (Lipinski definition) is 4. The van der Waals surface area contributed by atoms with Crippen LogP contribution in [0.15, 0.2) is 376 Å². The predicted octanol–water partition coefficient (Wildman–Crippen LogP) is 23.9. The molecule has 0 aliphatic heterocycles. The molecule has 4 heteroatoms. The Kier molecular flexibility index (Phi) is 15.6. The Balaban J connectivity index is 1.01. The van der Waals surface area contributed by atoms with E-state index in [1.54, 1.807) is 0 Å². The zero-order valence-electron chi connectivity index (χ0n) is 48.6. The van der Waals surface area contributed by atoms with Crippen LogP contribution in [0.1, 0.15) is 0 Å². The van der Waals surface area contributed by atoms with Crippen molar-refractivity contribution in [1.82, 2.24) is 0 Å². The van der Waals surface area contributed by atoms with Gasteiger partial charge in [-0.15, -0.1) is 0 Å². The number of anilines is 12. The molecule has 0 heterocycles. The number of hydrogen-bond donors (Lipinski definition) is 0. The van der Waals surface area contributed by atoms with Crippen LogP contribution >= 0.6 is 0 Å². The highest BCUT2D eigenvalue weighted by molar-refractivity contribution is 5.99. The molecule has 14 aromatic carbocycles. The molecule has 0 radical (unpaired) electrons. The first kappa shape index (κ1) is 54.2. The molecule has 0 aromatic heterocycles. The first-order valence-corrected chi connectivity index (χ1v) is 30.0. The van der Waals surface area contributed by atoms with Crippen molar-refractivity contribution in [3.05, 3.63) is 376 Å². The first-order valence-electron chi connectivity index (χ1n) is 30.0. The maximum atomic E-state index is 2.41. The van der Waals surface area contributed by atoms with Gasteiger partial charge in [-0.2, -0.15) is 0 Å². The van der Waals surface area contributed by atoms with E-state index in [4.69, 9.17) is 0 Å². The third kappa shape index (κ3) is 11.5. The summed E-state index contributed by atoms with van der Waals surface area (Å²) in [4.78, 5) is 9.60. The van der Waals surface area contributed by atoms with Crippen molar-refractivity contribution < 1.29 is 0 Å². The van der Waals surface area contributed by atoms with Crippen LogP contribution in [0.5, 0.6) is 0 Å². The maximum Gasteiger partial charge on any atom is 0.0561 e. The molecule has 418 valence electrons. The van der Waals surface area contributed by atoms with Crippen LogP contribution in [0.25, 0.3) is 55.6 Å². The predicted molar refractivity (Wildman–Crippen MR) is 372 cm³/mol. The van der Waals surface area contributed by atoms with Crippen LogP contribution in [0, 0.1) is 0 Å². The molecular weight excluding hydrogens is 1060 g/mol. The van der Waals surface area contributed by atoms with E-state index in [9.17, 15) is 0 Å². The van der Waals surface area contributed by atoms with Crippen LogP contribution < -0.4 is 19.6 Å². The summed E-state index contributed by atoms with van der Waals surface area (Å²) in [7, 11) is 0. The van der Waals surface area contributed by atoms with Crippen molar-refractivity contribution in [2.45, 2.75) is 0 Å². The molecule has 0 saturated carbocycles. The van der Waals surface area contributed by atoms with Crippen molar-refractivity contribution in [3.63, 3.8) is 0 Å². The highest BCUT2D eigenvalue weighted by Gasteiger charge is 2.27. The van der Waals surface area contributed by atoms with Gasteiger partial charge in [-0.1, -0.05) is 255 Å². The largest absolute Gasteiger partial charge is 0.310 e. The van der Waals surface area contributed by atoms with E-state index in [0.29, 0.717) is 0 Å². The second-order valence-corrected chi connectivity index (χ2v) is 21.7. The van der Waals surface area contributed by atoms with Gasteiger partial charge in [0.1, 0.15) is 0 Å². The normalized spacial score (nSPS) is 11.0. The van der Waals surface area contributed by atoms with Crippen LogP contribution in [-0.4, -0.2) is 0 Å². The second-order valence-electron chi connectivity index (χ2n) is 21.7. The molecule has 0 aliphatic rings. The molecule has 0 amide bonds. The Morgan fingerprint density at radius 2 is 0.295 bits per heavy atom. The fraction of sp³-hybridized carbons (Fsp3) is 0. The topological polar surface area (TPSA) is 13.0 Å². The lowest BCUT2D eigenvalue weighted by Crippen LogP contribution is -2.16. The van der Waals surface area contributed by atoms with Gasteiger partial charge in [0.2, 0.25) is 0 Å². The van der Waals surface area contributed by atoms with E-state index in [1.165, 1.54) is 22.3 Å². The molecule has 0 fully saturated rings. The highest BCUT2D eigenvalue weighted by Crippen LogP contribution is 2.51. The Morgan fingerprint density at radius 1 is 0.125 bits per heavy atom. The third-order valence-electron chi connectivity index (χ3n) is 16.2. The smallest absolute Gasteiger partial charge is 0.0561 e. The Hall–Kier alpha value is -11.7. The van der Waals surface area contributed by atoms with E-state index in [0.717, 1.165) is 102 Å². The van der Waals surface area contributed by atoms with E-state index in [1.807, 2.05) is 0 Å². The van der Waals surface area contributed by atoms with Gasteiger partial charge in [0.25, 0.3) is 0 Å². The minimum atomic E-state index is 1.00. The molecular formula is C84H62N4. The molecule has 0 spiro atoms. The summed E-state index contributed by atoms with van der Waals surface area (Å²) in [5.41, 5.74) is 23.7. The van der Waals surface area contributed by atoms with Gasteiger partial charge in [0.15, 0.2) is 0 Å². The summed E-state index contributed by atoms with van der Waals surface area (Å²) in [6, 6.07) is 135. The minimum Gasteiger partial charge on any atom is -0.310 e. The Bertz CT molecular complexity index is 3990. The Morgan fingerprint density at radius 3 is 0.511 bits per heavy atom. The molecule has 0 bridgehead atoms. The summed E-state index contributed by atoms with van der Waals surface area (Å²) in [5.74, 6) is 0. The van der Waals surface area contributed by atoms with Gasteiger partial charge in [-0.05, 0) is 166 Å². The van der Waals surface area contributed by atoms with Crippen LogP contribution in [0.2, 0.25) is 0 Å². The number of nitrogens with zero attached hydrogens (tertiary/aromatic N) is 4. The van der Waals surface area contributed by atoms with E-state index in [-0.39, 0.29) is 0 Å². The lowest BCUT2D eigenvalue weighted by atomic mass is 9.96. The summed E-state index contributed by atoms with van der Waals surface area (Å²) in [6.45, 7) is 0. The Labute approximate surface area is 516 Å². The van der Waals surface area contributed by atoms with Gasteiger partial charge in [0.05, 0.1) is 11.4 Å². The summed E-state index contributed by atoms with van der Waals surface area (Å²) >= 11 is 0. The van der Waals surface area contributed by atoms with E-state index in [2.05, 4.69) is 396 Å². The van der Waals surface area contributed by atoms with Crippen molar-refractivity contribution in [1.29, 1.82) is 0 Å². The number of para-hydroxylation sites is 4. The minimum absolute atomic E-state index is 1.00. The lowest BCUT2D eigenvalue weighted by Gasteiger charge is -2.34. The lowest BCUT2D eigenvalue weighted by molar-refractivity contribution is 1.23. The second kappa shape index (κ2) is 25.2. The monoisotopic (exact) mass is 1130 g/mol. The van der Waals surface area contributed by atoms with Gasteiger partial charge in [-0.3, -0.25) is 0 Å². The summed E-state index contributed by atoms with van der Waals surface area (Å²) < 4.78 is 0. The standard InChI is InChI=1S/C84H62N4/c1-9-25-63(26-10-1)67-41-49-75(50-42-67)85(76-51-43-68(44-52-76)64-27-11-2-12-28-64)79-57-59-81(83(61-79)87(71-33-17-5-18-34-71)72-35-19-6-20-36-72)82-60-58-80(62-84(82)88(73-37-21-7-22-38-73)74-39-23-8-24-40-74)86(77-53-45-69(46-54-77)65-29-13-3-14-30-65)78-55-47-70(48-56-78)66-31-15-4-16-32-66/h1-62H. The van der Waals surface area contributed by atoms with E-state index < -0.39 is 0 Å². The van der Waals surface area contributed by atoms with Crippen molar-refractivity contribution in [2.75, 3.05) is 19.6 Å². The molecule has 0 unspecified atom stereocenters. The molecule has 0 atom stereocenters. The number of rotatable bonds is 17.